The first-order chi connectivity index (χ1) is 16.2. The number of carbonyl (C=O) groups excluding carboxylic acids is 1. The fourth-order valence-corrected chi connectivity index (χ4v) is 5.43. The molecule has 2 saturated carbocycles. The Kier molecular flexibility index (Phi) is 6.71. The fraction of sp³-hybridized carbons (Fsp3) is 0.440. The second-order valence-corrected chi connectivity index (χ2v) is 9.82. The number of rotatable bonds is 8. The Balaban J connectivity index is 1.32. The zero-order valence-electron chi connectivity index (χ0n) is 18.6. The van der Waals surface area contributed by atoms with E-state index in [0.717, 1.165) is 60.6 Å². The molecule has 172 valence electrons. The Labute approximate surface area is 197 Å². The molecule has 33 heavy (non-hydrogen) atoms. The zero-order valence-corrected chi connectivity index (χ0v) is 19.4. The number of amides is 1. The molecule has 1 amide bonds. The number of hydrogen-bond acceptors (Lipinski definition) is 5. The topological polar surface area (TPSA) is 63.9 Å². The van der Waals surface area contributed by atoms with Crippen LogP contribution in [0.1, 0.15) is 56.6 Å². The van der Waals surface area contributed by atoms with E-state index in [0.29, 0.717) is 18.3 Å². The van der Waals surface area contributed by atoms with Gasteiger partial charge in [-0.15, -0.1) is 10.2 Å². The first-order valence-electron chi connectivity index (χ1n) is 11.7. The van der Waals surface area contributed by atoms with E-state index in [2.05, 4.69) is 19.7 Å². The van der Waals surface area contributed by atoms with Crippen molar-refractivity contribution in [3.63, 3.8) is 0 Å². The SMILES string of the molecule is O=C(CSc1nnc(-c2cccnc2)n1C1CC1)N(Cc1ccc(F)cc1)C1CCCCC1. The highest BCUT2D eigenvalue weighted by Crippen LogP contribution is 2.41. The van der Waals surface area contributed by atoms with Gasteiger partial charge in [0.1, 0.15) is 5.82 Å². The van der Waals surface area contributed by atoms with E-state index in [1.807, 2.05) is 17.0 Å². The van der Waals surface area contributed by atoms with Crippen molar-refractivity contribution in [1.82, 2.24) is 24.6 Å². The smallest absolute Gasteiger partial charge is 0.233 e. The molecule has 2 fully saturated rings. The summed E-state index contributed by atoms with van der Waals surface area (Å²) in [5.74, 6) is 0.976. The molecule has 0 saturated heterocycles. The molecule has 0 atom stereocenters. The third-order valence-corrected chi connectivity index (χ3v) is 7.35. The summed E-state index contributed by atoms with van der Waals surface area (Å²) in [6.45, 7) is 0.514. The summed E-state index contributed by atoms with van der Waals surface area (Å²) in [6.07, 6.45) is 11.3. The van der Waals surface area contributed by atoms with Gasteiger partial charge in [-0.1, -0.05) is 43.2 Å². The van der Waals surface area contributed by atoms with Crippen molar-refractivity contribution in [3.05, 3.63) is 60.2 Å². The van der Waals surface area contributed by atoms with E-state index < -0.39 is 0 Å². The van der Waals surface area contributed by atoms with Gasteiger partial charge in [0.05, 0.1) is 5.75 Å². The molecule has 2 aliphatic carbocycles. The number of nitrogens with zero attached hydrogens (tertiary/aromatic N) is 5. The van der Waals surface area contributed by atoms with E-state index >= 15 is 0 Å². The van der Waals surface area contributed by atoms with Gasteiger partial charge in [-0.3, -0.25) is 14.3 Å². The van der Waals surface area contributed by atoms with Crippen LogP contribution in [0.4, 0.5) is 4.39 Å². The molecule has 8 heteroatoms. The summed E-state index contributed by atoms with van der Waals surface area (Å²) in [5, 5.41) is 9.64. The maximum absolute atomic E-state index is 13.4. The van der Waals surface area contributed by atoms with Crippen LogP contribution in [0.15, 0.2) is 53.9 Å². The first-order valence-corrected chi connectivity index (χ1v) is 12.7. The number of pyridine rings is 1. The van der Waals surface area contributed by atoms with Crippen molar-refractivity contribution in [2.45, 2.75) is 68.7 Å². The maximum Gasteiger partial charge on any atom is 0.233 e. The molecule has 6 nitrogen and oxygen atoms in total. The second-order valence-electron chi connectivity index (χ2n) is 8.88. The molecule has 5 rings (SSSR count). The van der Waals surface area contributed by atoms with E-state index in [9.17, 15) is 9.18 Å². The van der Waals surface area contributed by atoms with Gasteiger partial charge in [-0.25, -0.2) is 4.39 Å². The van der Waals surface area contributed by atoms with Crippen LogP contribution in [0.25, 0.3) is 11.4 Å². The van der Waals surface area contributed by atoms with Crippen molar-refractivity contribution in [2.24, 2.45) is 0 Å². The molecule has 2 aromatic heterocycles. The molecular formula is C25H28FN5OS. The van der Waals surface area contributed by atoms with Crippen LogP contribution in [0.5, 0.6) is 0 Å². The average molecular weight is 466 g/mol. The van der Waals surface area contributed by atoms with Gasteiger partial charge in [-0.05, 0) is 55.5 Å². The standard InChI is InChI=1S/C25H28FN5OS/c26-20-10-8-18(9-11-20)16-30(21-6-2-1-3-7-21)23(32)17-33-25-29-28-24(31(25)22-12-13-22)19-5-4-14-27-15-19/h4-5,8-11,14-15,21-22H,1-3,6-7,12-13,16-17H2. The maximum atomic E-state index is 13.4. The summed E-state index contributed by atoms with van der Waals surface area (Å²) in [6, 6.07) is 11.0. The zero-order chi connectivity index (χ0) is 22.6. The molecule has 1 aromatic carbocycles. The molecular weight excluding hydrogens is 437 g/mol. The van der Waals surface area contributed by atoms with Crippen molar-refractivity contribution in [2.75, 3.05) is 5.75 Å². The highest BCUT2D eigenvalue weighted by atomic mass is 32.2. The Morgan fingerprint density at radius 3 is 2.55 bits per heavy atom. The number of carbonyl (C=O) groups is 1. The van der Waals surface area contributed by atoms with E-state index in [1.54, 1.807) is 24.5 Å². The minimum absolute atomic E-state index is 0.101. The molecule has 2 heterocycles. The third kappa shape index (κ3) is 5.27. The van der Waals surface area contributed by atoms with Gasteiger partial charge in [0, 0.05) is 36.6 Å². The lowest BCUT2D eigenvalue weighted by atomic mass is 9.94. The third-order valence-electron chi connectivity index (χ3n) is 6.42. The minimum Gasteiger partial charge on any atom is -0.335 e. The van der Waals surface area contributed by atoms with Crippen molar-refractivity contribution < 1.29 is 9.18 Å². The summed E-state index contributed by atoms with van der Waals surface area (Å²) >= 11 is 1.46. The summed E-state index contributed by atoms with van der Waals surface area (Å²) in [7, 11) is 0. The number of halogens is 1. The van der Waals surface area contributed by atoms with Gasteiger partial charge in [0.25, 0.3) is 0 Å². The van der Waals surface area contributed by atoms with E-state index in [-0.39, 0.29) is 17.8 Å². The van der Waals surface area contributed by atoms with Crippen molar-refractivity contribution in [3.8, 4) is 11.4 Å². The number of aromatic nitrogens is 4. The van der Waals surface area contributed by atoms with Crippen molar-refractivity contribution >= 4 is 17.7 Å². The van der Waals surface area contributed by atoms with Crippen LogP contribution < -0.4 is 0 Å². The number of benzene rings is 1. The normalized spacial score (nSPS) is 16.6. The quantitative estimate of drug-likeness (QED) is 0.424. The Morgan fingerprint density at radius 2 is 1.85 bits per heavy atom. The van der Waals surface area contributed by atoms with Crippen molar-refractivity contribution in [1.29, 1.82) is 0 Å². The van der Waals surface area contributed by atoms with Crippen LogP contribution >= 0.6 is 11.8 Å². The predicted octanol–water partition coefficient (Wildman–Crippen LogP) is 5.27. The Morgan fingerprint density at radius 1 is 1.06 bits per heavy atom. The lowest BCUT2D eigenvalue weighted by Gasteiger charge is -2.34. The highest BCUT2D eigenvalue weighted by molar-refractivity contribution is 7.99. The Bertz CT molecular complexity index is 1080. The lowest BCUT2D eigenvalue weighted by Crippen LogP contribution is -2.42. The molecule has 0 radical (unpaired) electrons. The molecule has 0 N–H and O–H groups in total. The first kappa shape index (κ1) is 22.1. The molecule has 0 unspecified atom stereocenters. The Hall–Kier alpha value is -2.74. The van der Waals surface area contributed by atoms with Gasteiger partial charge >= 0.3 is 0 Å². The van der Waals surface area contributed by atoms with Crippen LogP contribution in [-0.2, 0) is 11.3 Å². The van der Waals surface area contributed by atoms with Crippen LogP contribution in [0.3, 0.4) is 0 Å². The molecule has 2 aliphatic rings. The van der Waals surface area contributed by atoms with Gasteiger partial charge in [0.2, 0.25) is 5.91 Å². The van der Waals surface area contributed by atoms with Gasteiger partial charge in [-0.2, -0.15) is 0 Å². The monoisotopic (exact) mass is 465 g/mol. The summed E-state index contributed by atoms with van der Waals surface area (Å²) in [5.41, 5.74) is 1.90. The van der Waals surface area contributed by atoms with Crippen LogP contribution in [-0.4, -0.2) is 42.4 Å². The minimum atomic E-state index is -0.256. The average Bonchev–Trinajstić information content (AvgIpc) is 3.61. The number of hydrogen-bond donors (Lipinski definition) is 0. The predicted molar refractivity (Wildman–Crippen MR) is 126 cm³/mol. The van der Waals surface area contributed by atoms with E-state index in [4.69, 9.17) is 0 Å². The second kappa shape index (κ2) is 10.0. The molecule has 3 aromatic rings. The largest absolute Gasteiger partial charge is 0.335 e. The van der Waals surface area contributed by atoms with Crippen LogP contribution in [0, 0.1) is 5.82 Å². The van der Waals surface area contributed by atoms with E-state index in [1.165, 1.54) is 30.3 Å². The summed E-state index contributed by atoms with van der Waals surface area (Å²) < 4.78 is 15.5. The fourth-order valence-electron chi connectivity index (χ4n) is 4.54. The molecule has 0 spiro atoms. The van der Waals surface area contributed by atoms with Gasteiger partial charge < -0.3 is 4.90 Å². The number of thioether (sulfide) groups is 1. The summed E-state index contributed by atoms with van der Waals surface area (Å²) in [4.78, 5) is 19.6. The van der Waals surface area contributed by atoms with Crippen LogP contribution in [0.2, 0.25) is 0 Å². The van der Waals surface area contributed by atoms with Gasteiger partial charge in [0.15, 0.2) is 11.0 Å². The highest BCUT2D eigenvalue weighted by Gasteiger charge is 2.31. The molecule has 0 aliphatic heterocycles. The lowest BCUT2D eigenvalue weighted by molar-refractivity contribution is -0.132. The molecule has 0 bridgehead atoms.